The Bertz CT molecular complexity index is 1110. The summed E-state index contributed by atoms with van der Waals surface area (Å²) < 4.78 is 1.89. The molecule has 2 aliphatic rings. The smallest absolute Gasteiger partial charge is 0.319 e. The number of thiophene rings is 1. The first kappa shape index (κ1) is 18.1. The van der Waals surface area contributed by atoms with Crippen molar-refractivity contribution in [1.82, 2.24) is 20.0 Å². The lowest BCUT2D eigenvalue weighted by Gasteiger charge is -2.31. The van der Waals surface area contributed by atoms with Gasteiger partial charge < -0.3 is 5.32 Å². The van der Waals surface area contributed by atoms with Gasteiger partial charge in [0.25, 0.3) is 5.91 Å². The van der Waals surface area contributed by atoms with Crippen LogP contribution in [0.1, 0.15) is 40.2 Å². The van der Waals surface area contributed by atoms with Crippen molar-refractivity contribution < 1.29 is 9.59 Å². The van der Waals surface area contributed by atoms with Gasteiger partial charge in [-0.2, -0.15) is 5.10 Å². The zero-order chi connectivity index (χ0) is 20.2. The summed E-state index contributed by atoms with van der Waals surface area (Å²) >= 11 is 1.67. The van der Waals surface area contributed by atoms with E-state index in [9.17, 15) is 9.59 Å². The van der Waals surface area contributed by atoms with Gasteiger partial charge in [-0.3, -0.25) is 9.69 Å². The number of carbonyl (C=O) groups is 2. The van der Waals surface area contributed by atoms with Crippen LogP contribution in [0.5, 0.6) is 0 Å². The quantitative estimate of drug-likeness (QED) is 0.672. The molecule has 1 aromatic carbocycles. The molecule has 3 amide bonds. The first-order valence-electron chi connectivity index (χ1n) is 9.81. The molecule has 2 aromatic heterocycles. The van der Waals surface area contributed by atoms with Crippen LogP contribution < -0.4 is 5.32 Å². The molecule has 1 atom stereocenters. The van der Waals surface area contributed by atoms with Gasteiger partial charge in [0, 0.05) is 16.1 Å². The number of aromatic nitrogens is 2. The molecule has 0 bridgehead atoms. The van der Waals surface area contributed by atoms with Crippen LogP contribution >= 0.6 is 11.3 Å². The molecule has 3 aromatic rings. The van der Waals surface area contributed by atoms with Gasteiger partial charge in [0.2, 0.25) is 0 Å². The van der Waals surface area contributed by atoms with Crippen molar-refractivity contribution in [3.05, 3.63) is 69.2 Å². The van der Waals surface area contributed by atoms with E-state index in [-0.39, 0.29) is 18.5 Å². The molecule has 6 nitrogen and oxygen atoms in total. The normalized spacial score (nSPS) is 21.0. The third kappa shape index (κ3) is 2.80. The fourth-order valence-corrected chi connectivity index (χ4v) is 5.50. The second-order valence-electron chi connectivity index (χ2n) is 7.84. The molecule has 1 saturated heterocycles. The van der Waals surface area contributed by atoms with Crippen LogP contribution in [0.4, 0.5) is 4.79 Å². The molecule has 1 aliphatic heterocycles. The first-order chi connectivity index (χ1) is 14.0. The summed E-state index contributed by atoms with van der Waals surface area (Å²) in [7, 11) is 0. The Hall–Kier alpha value is -2.93. The van der Waals surface area contributed by atoms with E-state index >= 15 is 0 Å². The van der Waals surface area contributed by atoms with Crippen LogP contribution in [0, 0.1) is 13.8 Å². The highest BCUT2D eigenvalue weighted by molar-refractivity contribution is 7.10. The molecule has 1 unspecified atom stereocenters. The lowest BCUT2D eigenvalue weighted by Crippen LogP contribution is -2.46. The minimum Gasteiger partial charge on any atom is -0.319 e. The summed E-state index contributed by atoms with van der Waals surface area (Å²) in [5, 5.41) is 9.52. The summed E-state index contributed by atoms with van der Waals surface area (Å²) in [6.07, 6.45) is 2.55. The van der Waals surface area contributed by atoms with Gasteiger partial charge in [-0.25, -0.2) is 9.48 Å². The maximum Gasteiger partial charge on any atom is 0.325 e. The molecule has 1 spiro atoms. The lowest BCUT2D eigenvalue weighted by atomic mass is 9.80. The Morgan fingerprint density at radius 1 is 1.17 bits per heavy atom. The number of hydrogen-bond acceptors (Lipinski definition) is 4. The van der Waals surface area contributed by atoms with Crippen molar-refractivity contribution >= 4 is 23.3 Å². The van der Waals surface area contributed by atoms with Crippen molar-refractivity contribution in [1.29, 1.82) is 0 Å². The van der Waals surface area contributed by atoms with Gasteiger partial charge in [0.15, 0.2) is 0 Å². The van der Waals surface area contributed by atoms with Crippen LogP contribution in [-0.4, -0.2) is 26.6 Å². The SMILES string of the molecule is Cc1cc(C)n(-c2ccc(CN3C(=O)NC4(CCCc5sccc54)C3=O)cc2)n1. The third-order valence-corrected chi connectivity index (χ3v) is 6.85. The van der Waals surface area contributed by atoms with E-state index in [1.807, 2.05) is 60.3 Å². The number of aryl methyl sites for hydroxylation is 3. The number of carbonyl (C=O) groups excluding carboxylic acids is 2. The van der Waals surface area contributed by atoms with Crippen molar-refractivity contribution in [2.45, 2.75) is 45.2 Å². The van der Waals surface area contributed by atoms with E-state index in [0.29, 0.717) is 6.42 Å². The number of nitrogens with zero attached hydrogens (tertiary/aromatic N) is 3. The zero-order valence-electron chi connectivity index (χ0n) is 16.4. The van der Waals surface area contributed by atoms with Gasteiger partial charge in [-0.15, -0.1) is 11.3 Å². The van der Waals surface area contributed by atoms with Crippen molar-refractivity contribution in [2.24, 2.45) is 0 Å². The predicted octanol–water partition coefficient (Wildman–Crippen LogP) is 3.83. The molecule has 29 heavy (non-hydrogen) atoms. The highest BCUT2D eigenvalue weighted by atomic mass is 32.1. The van der Waals surface area contributed by atoms with Gasteiger partial charge in [-0.1, -0.05) is 12.1 Å². The summed E-state index contributed by atoms with van der Waals surface area (Å²) in [5.41, 5.74) is 4.01. The van der Waals surface area contributed by atoms with E-state index in [4.69, 9.17) is 0 Å². The first-order valence-corrected chi connectivity index (χ1v) is 10.7. The molecule has 5 rings (SSSR count). The van der Waals surface area contributed by atoms with Crippen molar-refractivity contribution in [2.75, 3.05) is 0 Å². The molecule has 0 radical (unpaired) electrons. The van der Waals surface area contributed by atoms with E-state index < -0.39 is 5.54 Å². The van der Waals surface area contributed by atoms with Crippen molar-refractivity contribution in [3.63, 3.8) is 0 Å². The fraction of sp³-hybridized carbons (Fsp3) is 0.318. The largest absolute Gasteiger partial charge is 0.325 e. The number of imide groups is 1. The number of nitrogens with one attached hydrogen (secondary N) is 1. The summed E-state index contributed by atoms with van der Waals surface area (Å²) in [6.45, 7) is 4.25. The van der Waals surface area contributed by atoms with Gasteiger partial charge in [0.05, 0.1) is 17.9 Å². The molecular formula is C22H22N4O2S. The summed E-state index contributed by atoms with van der Waals surface area (Å²) in [5.74, 6) is -0.135. The number of urea groups is 1. The molecule has 148 valence electrons. The highest BCUT2D eigenvalue weighted by Gasteiger charge is 2.54. The predicted molar refractivity (Wildman–Crippen MR) is 111 cm³/mol. The zero-order valence-corrected chi connectivity index (χ0v) is 17.3. The highest BCUT2D eigenvalue weighted by Crippen LogP contribution is 2.42. The van der Waals surface area contributed by atoms with Crippen molar-refractivity contribution in [3.8, 4) is 5.69 Å². The average Bonchev–Trinajstić information content (AvgIpc) is 3.37. The van der Waals surface area contributed by atoms with E-state index in [0.717, 1.165) is 41.0 Å². The topological polar surface area (TPSA) is 67.2 Å². The average molecular weight is 407 g/mol. The molecule has 1 fully saturated rings. The standard InChI is InChI=1S/C22H22N4O2S/c1-14-12-15(2)26(24-14)17-7-5-16(6-8-17)13-25-20(27)22(23-21(25)28)10-3-4-19-18(22)9-11-29-19/h5-9,11-12H,3-4,10,13H2,1-2H3,(H,23,28). The molecule has 7 heteroatoms. The number of benzene rings is 1. The van der Waals surface area contributed by atoms with Crippen LogP contribution in [0.2, 0.25) is 0 Å². The van der Waals surface area contributed by atoms with Crippen LogP contribution in [0.15, 0.2) is 41.8 Å². The fourth-order valence-electron chi connectivity index (χ4n) is 4.50. The summed E-state index contributed by atoms with van der Waals surface area (Å²) in [4.78, 5) is 28.6. The van der Waals surface area contributed by atoms with Gasteiger partial charge in [-0.05, 0) is 68.3 Å². The number of hydrogen-bond donors (Lipinski definition) is 1. The second-order valence-corrected chi connectivity index (χ2v) is 8.84. The number of rotatable bonds is 3. The van der Waals surface area contributed by atoms with Crippen LogP contribution in [0.25, 0.3) is 5.69 Å². The Morgan fingerprint density at radius 2 is 1.97 bits per heavy atom. The lowest BCUT2D eigenvalue weighted by molar-refractivity contribution is -0.132. The minimum atomic E-state index is -0.881. The van der Waals surface area contributed by atoms with Crippen LogP contribution in [0.3, 0.4) is 0 Å². The monoisotopic (exact) mass is 406 g/mol. The maximum atomic E-state index is 13.3. The molecule has 0 saturated carbocycles. The Balaban J connectivity index is 1.40. The Kier molecular flexibility index (Phi) is 4.10. The summed E-state index contributed by atoms with van der Waals surface area (Å²) in [6, 6.07) is 11.6. The molecular weight excluding hydrogens is 384 g/mol. The van der Waals surface area contributed by atoms with Crippen LogP contribution in [-0.2, 0) is 23.3 Å². The Labute approximate surface area is 173 Å². The molecule has 3 heterocycles. The van der Waals surface area contributed by atoms with Gasteiger partial charge in [0.1, 0.15) is 5.54 Å². The maximum absolute atomic E-state index is 13.3. The number of fused-ring (bicyclic) bond motifs is 2. The van der Waals surface area contributed by atoms with E-state index in [1.54, 1.807) is 11.3 Å². The third-order valence-electron chi connectivity index (χ3n) is 5.87. The van der Waals surface area contributed by atoms with E-state index in [2.05, 4.69) is 10.4 Å². The second kappa shape index (κ2) is 6.56. The minimum absolute atomic E-state index is 0.135. The van der Waals surface area contributed by atoms with E-state index in [1.165, 1.54) is 9.78 Å². The number of amides is 3. The van der Waals surface area contributed by atoms with Gasteiger partial charge >= 0.3 is 6.03 Å². The molecule has 1 N–H and O–H groups in total. The molecule has 1 aliphatic carbocycles. The Morgan fingerprint density at radius 3 is 2.69 bits per heavy atom.